The van der Waals surface area contributed by atoms with Gasteiger partial charge in [0.1, 0.15) is 5.76 Å². The van der Waals surface area contributed by atoms with E-state index in [9.17, 15) is 4.79 Å². The highest BCUT2D eigenvalue weighted by Gasteiger charge is 2.32. The number of aryl methyl sites for hydroxylation is 1. The molecular weight excluding hydrogens is 190 g/mol. The van der Waals surface area contributed by atoms with Gasteiger partial charge in [0.25, 0.3) is 0 Å². The highest BCUT2D eigenvalue weighted by Crippen LogP contribution is 2.33. The van der Waals surface area contributed by atoms with Gasteiger partial charge in [-0.25, -0.2) is 0 Å². The second-order valence-corrected chi connectivity index (χ2v) is 4.53. The fourth-order valence-corrected chi connectivity index (χ4v) is 2.27. The molecule has 0 aliphatic heterocycles. The molecular formula is C12H15NO2. The molecule has 1 heterocycles. The highest BCUT2D eigenvalue weighted by atomic mass is 16.3. The van der Waals surface area contributed by atoms with Crippen molar-refractivity contribution in [2.45, 2.75) is 38.1 Å². The van der Waals surface area contributed by atoms with Gasteiger partial charge in [0, 0.05) is 17.9 Å². The van der Waals surface area contributed by atoms with Crippen LogP contribution in [-0.4, -0.2) is 5.91 Å². The van der Waals surface area contributed by atoms with Gasteiger partial charge >= 0.3 is 0 Å². The molecule has 3 rings (SSSR count). The Bertz CT molecular complexity index is 379. The fraction of sp³-hybridized carbons (Fsp3) is 0.583. The monoisotopic (exact) mass is 205 g/mol. The minimum absolute atomic E-state index is 0.195. The lowest BCUT2D eigenvalue weighted by Gasteiger charge is -2.22. The lowest BCUT2D eigenvalue weighted by atomic mass is 9.93. The highest BCUT2D eigenvalue weighted by molar-refractivity contribution is 5.81. The second-order valence-electron chi connectivity index (χ2n) is 4.53. The summed E-state index contributed by atoms with van der Waals surface area (Å²) in [5.74, 6) is 1.58. The number of hydrogen-bond donors (Lipinski definition) is 1. The number of fused-ring (bicyclic) bond motifs is 1. The van der Waals surface area contributed by atoms with E-state index in [0.29, 0.717) is 5.92 Å². The van der Waals surface area contributed by atoms with Crippen LogP contribution in [0.3, 0.4) is 0 Å². The van der Waals surface area contributed by atoms with Gasteiger partial charge < -0.3 is 9.73 Å². The topological polar surface area (TPSA) is 42.2 Å². The maximum absolute atomic E-state index is 11.7. The van der Waals surface area contributed by atoms with Crippen molar-refractivity contribution in [2.75, 3.05) is 0 Å². The molecule has 1 saturated carbocycles. The number of carbonyl (C=O) groups excluding carboxylic acids is 1. The number of furan rings is 1. The minimum Gasteiger partial charge on any atom is -0.469 e. The molecule has 2 aliphatic rings. The Hall–Kier alpha value is -1.25. The van der Waals surface area contributed by atoms with E-state index in [0.717, 1.165) is 37.9 Å². The maximum atomic E-state index is 11.7. The summed E-state index contributed by atoms with van der Waals surface area (Å²) in [4.78, 5) is 11.7. The Morgan fingerprint density at radius 2 is 2.27 bits per heavy atom. The predicted octanol–water partition coefficient (Wildman–Crippen LogP) is 2.18. The van der Waals surface area contributed by atoms with Crippen LogP contribution >= 0.6 is 0 Å². The van der Waals surface area contributed by atoms with Crippen LogP contribution in [0.4, 0.5) is 0 Å². The van der Waals surface area contributed by atoms with E-state index in [4.69, 9.17) is 4.42 Å². The molecule has 1 aromatic heterocycles. The van der Waals surface area contributed by atoms with Crippen LogP contribution in [0.25, 0.3) is 0 Å². The number of amides is 1. The van der Waals surface area contributed by atoms with E-state index >= 15 is 0 Å². The number of carbonyl (C=O) groups is 1. The van der Waals surface area contributed by atoms with Crippen molar-refractivity contribution in [2.24, 2.45) is 5.92 Å². The Labute approximate surface area is 88.8 Å². The van der Waals surface area contributed by atoms with Crippen molar-refractivity contribution in [1.82, 2.24) is 5.32 Å². The van der Waals surface area contributed by atoms with E-state index in [1.807, 2.05) is 6.07 Å². The van der Waals surface area contributed by atoms with Gasteiger partial charge in [0.2, 0.25) is 5.91 Å². The minimum atomic E-state index is 0.195. The van der Waals surface area contributed by atoms with Crippen LogP contribution in [0.5, 0.6) is 0 Å². The van der Waals surface area contributed by atoms with Gasteiger partial charge in [-0.2, -0.15) is 0 Å². The maximum Gasteiger partial charge on any atom is 0.223 e. The number of rotatable bonds is 2. The molecule has 1 unspecified atom stereocenters. The Morgan fingerprint density at radius 3 is 3.07 bits per heavy atom. The van der Waals surface area contributed by atoms with Crippen LogP contribution in [0.2, 0.25) is 0 Å². The summed E-state index contributed by atoms with van der Waals surface area (Å²) in [7, 11) is 0. The molecule has 1 fully saturated rings. The lowest BCUT2D eigenvalue weighted by molar-refractivity contribution is -0.123. The van der Waals surface area contributed by atoms with Crippen molar-refractivity contribution in [3.05, 3.63) is 23.7 Å². The van der Waals surface area contributed by atoms with E-state index in [1.165, 1.54) is 5.56 Å². The van der Waals surface area contributed by atoms with Crippen LogP contribution in [0.1, 0.15) is 43.0 Å². The third-order valence-electron chi connectivity index (χ3n) is 3.32. The summed E-state index contributed by atoms with van der Waals surface area (Å²) in [6.07, 6.45) is 7.03. The summed E-state index contributed by atoms with van der Waals surface area (Å²) in [6.45, 7) is 0. The largest absolute Gasteiger partial charge is 0.469 e. The number of hydrogen-bond acceptors (Lipinski definition) is 2. The zero-order valence-electron chi connectivity index (χ0n) is 8.66. The molecule has 3 heteroatoms. The fourth-order valence-electron chi connectivity index (χ4n) is 2.27. The molecule has 1 aromatic rings. The average Bonchev–Trinajstić information content (AvgIpc) is 2.97. The zero-order chi connectivity index (χ0) is 10.3. The van der Waals surface area contributed by atoms with Crippen molar-refractivity contribution in [3.8, 4) is 0 Å². The molecule has 3 nitrogen and oxygen atoms in total. The Morgan fingerprint density at radius 1 is 1.40 bits per heavy atom. The van der Waals surface area contributed by atoms with Gasteiger partial charge in [-0.3, -0.25) is 4.79 Å². The van der Waals surface area contributed by atoms with Crippen LogP contribution in [-0.2, 0) is 11.2 Å². The van der Waals surface area contributed by atoms with Crippen molar-refractivity contribution >= 4 is 5.91 Å². The van der Waals surface area contributed by atoms with Gasteiger partial charge in [-0.05, 0) is 31.7 Å². The lowest BCUT2D eigenvalue weighted by Crippen LogP contribution is -2.31. The van der Waals surface area contributed by atoms with Gasteiger partial charge in [-0.15, -0.1) is 0 Å². The first-order valence-electron chi connectivity index (χ1n) is 5.71. The summed E-state index contributed by atoms with van der Waals surface area (Å²) in [5, 5.41) is 3.12. The molecule has 0 aromatic carbocycles. The molecule has 0 spiro atoms. The molecule has 0 radical (unpaired) electrons. The third kappa shape index (κ3) is 1.66. The molecule has 1 atom stereocenters. The van der Waals surface area contributed by atoms with Gasteiger partial charge in [0.05, 0.1) is 12.3 Å². The predicted molar refractivity (Wildman–Crippen MR) is 55.3 cm³/mol. The second kappa shape index (κ2) is 3.40. The van der Waals surface area contributed by atoms with Crippen molar-refractivity contribution < 1.29 is 9.21 Å². The molecule has 0 saturated heterocycles. The third-order valence-corrected chi connectivity index (χ3v) is 3.32. The molecule has 80 valence electrons. The van der Waals surface area contributed by atoms with E-state index in [1.54, 1.807) is 6.26 Å². The first-order chi connectivity index (χ1) is 7.34. The summed E-state index contributed by atoms with van der Waals surface area (Å²) in [5.41, 5.74) is 1.19. The Kier molecular flexibility index (Phi) is 2.04. The first-order valence-corrected chi connectivity index (χ1v) is 5.71. The quantitative estimate of drug-likeness (QED) is 0.804. The zero-order valence-corrected chi connectivity index (χ0v) is 8.66. The smallest absolute Gasteiger partial charge is 0.223 e. The van der Waals surface area contributed by atoms with Crippen molar-refractivity contribution in [3.63, 3.8) is 0 Å². The van der Waals surface area contributed by atoms with Crippen LogP contribution in [0.15, 0.2) is 16.7 Å². The van der Waals surface area contributed by atoms with E-state index < -0.39 is 0 Å². The van der Waals surface area contributed by atoms with Crippen LogP contribution < -0.4 is 5.32 Å². The van der Waals surface area contributed by atoms with Crippen LogP contribution in [0, 0.1) is 5.92 Å². The summed E-state index contributed by atoms with van der Waals surface area (Å²) < 4.78 is 5.39. The average molecular weight is 205 g/mol. The number of nitrogens with one attached hydrogen (secondary N) is 1. The SMILES string of the molecule is O=C(NC1CCCc2occc21)C1CC1. The van der Waals surface area contributed by atoms with E-state index in [2.05, 4.69) is 5.32 Å². The van der Waals surface area contributed by atoms with E-state index in [-0.39, 0.29) is 11.9 Å². The first kappa shape index (κ1) is 9.01. The summed E-state index contributed by atoms with van der Waals surface area (Å²) >= 11 is 0. The summed E-state index contributed by atoms with van der Waals surface area (Å²) in [6, 6.07) is 2.19. The molecule has 1 N–H and O–H groups in total. The molecule has 2 aliphatic carbocycles. The van der Waals surface area contributed by atoms with Crippen molar-refractivity contribution in [1.29, 1.82) is 0 Å². The Balaban J connectivity index is 1.74. The molecule has 1 amide bonds. The molecule has 15 heavy (non-hydrogen) atoms. The van der Waals surface area contributed by atoms with Gasteiger partial charge in [0.15, 0.2) is 0 Å². The molecule has 0 bridgehead atoms. The standard InChI is InChI=1S/C12H15NO2/c14-12(8-4-5-8)13-10-2-1-3-11-9(10)6-7-15-11/h6-8,10H,1-5H2,(H,13,14). The normalized spacial score (nSPS) is 24.7. The van der Waals surface area contributed by atoms with Gasteiger partial charge in [-0.1, -0.05) is 0 Å².